The van der Waals surface area contributed by atoms with Crippen molar-refractivity contribution >= 4 is 5.97 Å². The molecule has 0 aromatic carbocycles. The Labute approximate surface area is 103 Å². The van der Waals surface area contributed by atoms with Crippen LogP contribution in [0.1, 0.15) is 46.0 Å². The number of ether oxygens (including phenoxy) is 1. The maximum Gasteiger partial charge on any atom is 0.330 e. The lowest BCUT2D eigenvalue weighted by atomic mass is 9.50. The largest absolute Gasteiger partial charge is 0.456 e. The Hall–Kier alpha value is -0.790. The molecule has 0 aromatic rings. The van der Waals surface area contributed by atoms with E-state index in [9.17, 15) is 4.79 Å². The predicted molar refractivity (Wildman–Crippen MR) is 66.4 cm³/mol. The molecule has 0 saturated heterocycles. The quantitative estimate of drug-likeness (QED) is 0.541. The number of hydrogen-bond acceptors (Lipinski definition) is 2. The molecule has 0 amide bonds. The lowest BCUT2D eigenvalue weighted by Gasteiger charge is -2.58. The molecule has 0 radical (unpaired) electrons. The number of allylic oxidation sites excluding steroid dienone is 1. The fraction of sp³-hybridized carbons (Fsp3) is 0.800. The van der Waals surface area contributed by atoms with Crippen LogP contribution in [-0.4, -0.2) is 11.6 Å². The van der Waals surface area contributed by atoms with Crippen molar-refractivity contribution in [1.82, 2.24) is 0 Å². The molecule has 2 heteroatoms. The summed E-state index contributed by atoms with van der Waals surface area (Å²) in [5.74, 6) is 2.93. The molecule has 0 heterocycles. The molecule has 4 rings (SSSR count). The standard InChI is InChI=1S/C15H22O2/c1-3-4-14(16)17-15(2)12-6-10-5-11(8-12)9-13(15)7-10/h3-4,10-13H,5-9H2,1-2H3/b4-3+. The smallest absolute Gasteiger partial charge is 0.330 e. The van der Waals surface area contributed by atoms with Crippen molar-refractivity contribution < 1.29 is 9.53 Å². The summed E-state index contributed by atoms with van der Waals surface area (Å²) in [6.07, 6.45) is 9.89. The van der Waals surface area contributed by atoms with Crippen molar-refractivity contribution in [2.24, 2.45) is 23.7 Å². The number of carbonyl (C=O) groups excluding carboxylic acids is 1. The number of carbonyl (C=O) groups is 1. The minimum atomic E-state index is -0.177. The molecule has 0 atom stereocenters. The first-order valence-corrected chi connectivity index (χ1v) is 6.97. The minimum Gasteiger partial charge on any atom is -0.456 e. The minimum absolute atomic E-state index is 0.150. The van der Waals surface area contributed by atoms with E-state index in [1.165, 1.54) is 32.1 Å². The summed E-state index contributed by atoms with van der Waals surface area (Å²) in [5.41, 5.74) is -0.177. The fourth-order valence-electron chi connectivity index (χ4n) is 4.67. The zero-order valence-electron chi connectivity index (χ0n) is 10.8. The Balaban J connectivity index is 1.80. The van der Waals surface area contributed by atoms with Crippen molar-refractivity contribution in [3.05, 3.63) is 12.2 Å². The van der Waals surface area contributed by atoms with E-state index >= 15 is 0 Å². The van der Waals surface area contributed by atoms with Crippen LogP contribution in [0.25, 0.3) is 0 Å². The molecular formula is C15H22O2. The first-order valence-electron chi connectivity index (χ1n) is 6.97. The van der Waals surface area contributed by atoms with Crippen LogP contribution in [0.3, 0.4) is 0 Å². The average molecular weight is 234 g/mol. The molecule has 2 nitrogen and oxygen atoms in total. The van der Waals surface area contributed by atoms with E-state index in [1.807, 2.05) is 6.92 Å². The van der Waals surface area contributed by atoms with Gasteiger partial charge >= 0.3 is 5.97 Å². The van der Waals surface area contributed by atoms with Crippen molar-refractivity contribution in [1.29, 1.82) is 0 Å². The highest BCUT2D eigenvalue weighted by molar-refractivity contribution is 5.82. The molecule has 0 N–H and O–H groups in total. The Morgan fingerprint density at radius 3 is 2.12 bits per heavy atom. The van der Waals surface area contributed by atoms with Crippen molar-refractivity contribution in [2.45, 2.75) is 51.6 Å². The molecule has 4 bridgehead atoms. The number of rotatable bonds is 2. The lowest BCUT2D eigenvalue weighted by molar-refractivity contribution is -0.198. The highest BCUT2D eigenvalue weighted by Crippen LogP contribution is 2.59. The van der Waals surface area contributed by atoms with Gasteiger partial charge in [-0.25, -0.2) is 4.79 Å². The van der Waals surface area contributed by atoms with Gasteiger partial charge in [0.2, 0.25) is 0 Å². The zero-order valence-corrected chi connectivity index (χ0v) is 10.8. The molecule has 4 fully saturated rings. The van der Waals surface area contributed by atoms with E-state index in [2.05, 4.69) is 6.92 Å². The second-order valence-electron chi connectivity index (χ2n) is 6.41. The van der Waals surface area contributed by atoms with Gasteiger partial charge in [-0.15, -0.1) is 0 Å². The third-order valence-corrected chi connectivity index (χ3v) is 5.38. The van der Waals surface area contributed by atoms with Crippen LogP contribution in [0.5, 0.6) is 0 Å². The van der Waals surface area contributed by atoms with Gasteiger partial charge in [0.05, 0.1) is 0 Å². The van der Waals surface area contributed by atoms with Crippen molar-refractivity contribution in [2.75, 3.05) is 0 Å². The van der Waals surface area contributed by atoms with Crippen LogP contribution in [0.15, 0.2) is 12.2 Å². The SMILES string of the molecule is C/C=C/C(=O)OC1(C)C2CC3CC(C2)CC1C3. The molecule has 0 unspecified atom stereocenters. The second-order valence-corrected chi connectivity index (χ2v) is 6.41. The molecule has 0 aromatic heterocycles. The molecule has 4 aliphatic rings. The predicted octanol–water partition coefficient (Wildman–Crippen LogP) is 3.32. The summed E-state index contributed by atoms with van der Waals surface area (Å²) < 4.78 is 5.83. The second kappa shape index (κ2) is 3.86. The van der Waals surface area contributed by atoms with E-state index in [4.69, 9.17) is 4.74 Å². The van der Waals surface area contributed by atoms with E-state index in [-0.39, 0.29) is 11.6 Å². The van der Waals surface area contributed by atoms with E-state index in [0.717, 1.165) is 11.8 Å². The lowest BCUT2D eigenvalue weighted by Crippen LogP contribution is -2.57. The Morgan fingerprint density at radius 1 is 1.12 bits per heavy atom. The Bertz CT molecular complexity index is 328. The van der Waals surface area contributed by atoms with Crippen LogP contribution >= 0.6 is 0 Å². The van der Waals surface area contributed by atoms with Gasteiger partial charge in [0.15, 0.2) is 0 Å². The maximum absolute atomic E-state index is 11.7. The topological polar surface area (TPSA) is 26.3 Å². The average Bonchev–Trinajstić information content (AvgIpc) is 2.25. The van der Waals surface area contributed by atoms with Crippen LogP contribution in [0, 0.1) is 23.7 Å². The molecular weight excluding hydrogens is 212 g/mol. The zero-order chi connectivity index (χ0) is 12.0. The van der Waals surface area contributed by atoms with Crippen molar-refractivity contribution in [3.63, 3.8) is 0 Å². The fourth-order valence-corrected chi connectivity index (χ4v) is 4.67. The van der Waals surface area contributed by atoms with E-state index in [1.54, 1.807) is 12.2 Å². The Kier molecular flexibility index (Phi) is 2.57. The summed E-state index contributed by atoms with van der Waals surface area (Å²) in [6, 6.07) is 0. The monoisotopic (exact) mass is 234 g/mol. The molecule has 94 valence electrons. The summed E-state index contributed by atoms with van der Waals surface area (Å²) in [4.78, 5) is 11.7. The third kappa shape index (κ3) is 1.73. The highest BCUT2D eigenvalue weighted by Gasteiger charge is 2.56. The van der Waals surface area contributed by atoms with Crippen molar-refractivity contribution in [3.8, 4) is 0 Å². The summed E-state index contributed by atoms with van der Waals surface area (Å²) in [6.45, 7) is 4.04. The van der Waals surface area contributed by atoms with Gasteiger partial charge in [-0.2, -0.15) is 0 Å². The molecule has 4 aliphatic carbocycles. The highest BCUT2D eigenvalue weighted by atomic mass is 16.6. The summed E-state index contributed by atoms with van der Waals surface area (Å²) in [7, 11) is 0. The molecule has 17 heavy (non-hydrogen) atoms. The maximum atomic E-state index is 11.7. The van der Waals surface area contributed by atoms with Crippen LogP contribution in [-0.2, 0) is 9.53 Å². The molecule has 0 spiro atoms. The molecule has 4 saturated carbocycles. The van der Waals surface area contributed by atoms with Gasteiger partial charge in [-0.05, 0) is 69.6 Å². The van der Waals surface area contributed by atoms with Crippen LogP contribution in [0.4, 0.5) is 0 Å². The summed E-state index contributed by atoms with van der Waals surface area (Å²) in [5, 5.41) is 0. The van der Waals surface area contributed by atoms with Gasteiger partial charge in [-0.3, -0.25) is 0 Å². The van der Waals surface area contributed by atoms with E-state index in [0.29, 0.717) is 11.8 Å². The molecule has 0 aliphatic heterocycles. The first-order chi connectivity index (χ1) is 8.11. The normalized spacial score (nSPS) is 47.6. The van der Waals surface area contributed by atoms with Gasteiger partial charge < -0.3 is 4.74 Å². The van der Waals surface area contributed by atoms with Gasteiger partial charge in [0, 0.05) is 6.08 Å². The van der Waals surface area contributed by atoms with Gasteiger partial charge in [-0.1, -0.05) is 6.08 Å². The number of esters is 1. The van der Waals surface area contributed by atoms with Crippen LogP contribution in [0.2, 0.25) is 0 Å². The third-order valence-electron chi connectivity index (χ3n) is 5.38. The van der Waals surface area contributed by atoms with Gasteiger partial charge in [0.25, 0.3) is 0 Å². The summed E-state index contributed by atoms with van der Waals surface area (Å²) >= 11 is 0. The van der Waals surface area contributed by atoms with Gasteiger partial charge in [0.1, 0.15) is 5.60 Å². The van der Waals surface area contributed by atoms with E-state index < -0.39 is 0 Å². The number of hydrogen-bond donors (Lipinski definition) is 0. The van der Waals surface area contributed by atoms with Crippen LogP contribution < -0.4 is 0 Å². The Morgan fingerprint density at radius 2 is 1.65 bits per heavy atom. The first kappa shape index (κ1) is 11.3.